The molecule has 1 saturated heterocycles. The minimum Gasteiger partial charge on any atom is -0.376 e. The van der Waals surface area contributed by atoms with Crippen LogP contribution in [0.2, 0.25) is 0 Å². The summed E-state index contributed by atoms with van der Waals surface area (Å²) in [5.41, 5.74) is 0.824. The van der Waals surface area contributed by atoms with E-state index in [1.54, 1.807) is 16.7 Å². The highest BCUT2D eigenvalue weighted by Gasteiger charge is 2.33. The monoisotopic (exact) mass is 348 g/mol. The molecular weight excluding hydrogens is 324 g/mol. The van der Waals surface area contributed by atoms with Crippen molar-refractivity contribution in [2.45, 2.75) is 48.9 Å². The molecule has 1 fully saturated rings. The van der Waals surface area contributed by atoms with Crippen LogP contribution < -0.4 is 10.2 Å². The van der Waals surface area contributed by atoms with Gasteiger partial charge in [-0.1, -0.05) is 12.1 Å². The Balaban J connectivity index is 1.71. The molecule has 1 atom stereocenters. The fourth-order valence-corrected chi connectivity index (χ4v) is 4.32. The summed E-state index contributed by atoms with van der Waals surface area (Å²) in [6.07, 6.45) is 2.54. The minimum atomic E-state index is -0.184. The first-order valence-electron chi connectivity index (χ1n) is 8.41. The van der Waals surface area contributed by atoms with Crippen LogP contribution >= 0.6 is 11.8 Å². The van der Waals surface area contributed by atoms with Gasteiger partial charge in [0.1, 0.15) is 6.54 Å². The summed E-state index contributed by atoms with van der Waals surface area (Å²) in [6.45, 7) is 5.47. The van der Waals surface area contributed by atoms with Crippen LogP contribution in [0.1, 0.15) is 33.1 Å². The molecule has 0 radical (unpaired) electrons. The van der Waals surface area contributed by atoms with Crippen molar-refractivity contribution in [2.24, 2.45) is 0 Å². The van der Waals surface area contributed by atoms with E-state index < -0.39 is 0 Å². The number of nitrogens with one attached hydrogen (secondary N) is 1. The van der Waals surface area contributed by atoms with Gasteiger partial charge in [-0.25, -0.2) is 0 Å². The maximum Gasteiger partial charge on any atom is 0.240 e. The molecule has 130 valence electrons. The van der Waals surface area contributed by atoms with Gasteiger partial charge in [0.25, 0.3) is 0 Å². The van der Waals surface area contributed by atoms with Gasteiger partial charge in [-0.15, -0.1) is 11.8 Å². The van der Waals surface area contributed by atoms with Crippen molar-refractivity contribution in [3.63, 3.8) is 0 Å². The lowest BCUT2D eigenvalue weighted by molar-refractivity contribution is -0.124. The molecule has 6 heteroatoms. The molecule has 0 aromatic heterocycles. The SMILES string of the molecule is CC1(C)CC(=O)N(CC(=O)NCC2CCCO2)c2ccccc2S1. The van der Waals surface area contributed by atoms with Gasteiger partial charge >= 0.3 is 0 Å². The highest BCUT2D eigenvalue weighted by Crippen LogP contribution is 2.43. The number of hydrogen-bond acceptors (Lipinski definition) is 4. The smallest absolute Gasteiger partial charge is 0.240 e. The van der Waals surface area contributed by atoms with Gasteiger partial charge in [0.15, 0.2) is 0 Å². The number of ether oxygens (including phenoxy) is 1. The number of hydrogen-bond donors (Lipinski definition) is 1. The summed E-state index contributed by atoms with van der Waals surface area (Å²) in [6, 6.07) is 7.79. The maximum absolute atomic E-state index is 12.7. The largest absolute Gasteiger partial charge is 0.376 e. The maximum atomic E-state index is 12.7. The summed E-state index contributed by atoms with van der Waals surface area (Å²) in [5.74, 6) is -0.150. The Morgan fingerprint density at radius 3 is 2.96 bits per heavy atom. The van der Waals surface area contributed by atoms with Crippen LogP contribution in [0.15, 0.2) is 29.2 Å². The zero-order chi connectivity index (χ0) is 17.2. The number of carbonyl (C=O) groups is 2. The van der Waals surface area contributed by atoms with E-state index in [1.807, 2.05) is 24.3 Å². The van der Waals surface area contributed by atoms with Gasteiger partial charge in [-0.05, 0) is 38.8 Å². The van der Waals surface area contributed by atoms with Gasteiger partial charge in [0.05, 0.1) is 11.8 Å². The lowest BCUT2D eigenvalue weighted by atomic mass is 10.1. The van der Waals surface area contributed by atoms with Crippen molar-refractivity contribution in [2.75, 3.05) is 24.6 Å². The molecule has 3 rings (SSSR count). The average molecular weight is 348 g/mol. The summed E-state index contributed by atoms with van der Waals surface area (Å²) in [4.78, 5) is 27.7. The topological polar surface area (TPSA) is 58.6 Å². The van der Waals surface area contributed by atoms with Gasteiger partial charge in [-0.2, -0.15) is 0 Å². The number of benzene rings is 1. The predicted molar refractivity (Wildman–Crippen MR) is 95.3 cm³/mol. The zero-order valence-electron chi connectivity index (χ0n) is 14.2. The fourth-order valence-electron chi connectivity index (χ4n) is 3.10. The van der Waals surface area contributed by atoms with Crippen molar-refractivity contribution in [1.82, 2.24) is 5.32 Å². The van der Waals surface area contributed by atoms with Crippen molar-refractivity contribution < 1.29 is 14.3 Å². The second-order valence-electron chi connectivity index (χ2n) is 6.93. The first kappa shape index (κ1) is 17.3. The normalized spacial score (nSPS) is 22.8. The first-order valence-corrected chi connectivity index (χ1v) is 9.23. The Morgan fingerprint density at radius 2 is 2.21 bits per heavy atom. The van der Waals surface area contributed by atoms with Crippen LogP contribution in [-0.4, -0.2) is 42.4 Å². The number of thioether (sulfide) groups is 1. The number of rotatable bonds is 4. The summed E-state index contributed by atoms with van der Waals surface area (Å²) in [7, 11) is 0. The van der Waals surface area contributed by atoms with Gasteiger partial charge < -0.3 is 15.0 Å². The number of fused-ring (bicyclic) bond motifs is 1. The zero-order valence-corrected chi connectivity index (χ0v) is 15.0. The van der Waals surface area contributed by atoms with Gasteiger partial charge in [0.2, 0.25) is 11.8 Å². The number of para-hydroxylation sites is 1. The molecule has 0 bridgehead atoms. The molecule has 0 aliphatic carbocycles. The van der Waals surface area contributed by atoms with E-state index in [4.69, 9.17) is 4.74 Å². The van der Waals surface area contributed by atoms with Crippen LogP contribution in [0.4, 0.5) is 5.69 Å². The van der Waals surface area contributed by atoms with Crippen LogP contribution in [0.25, 0.3) is 0 Å². The minimum absolute atomic E-state index is 0.00952. The van der Waals surface area contributed by atoms with Crippen LogP contribution in [0.5, 0.6) is 0 Å². The van der Waals surface area contributed by atoms with Crippen LogP contribution in [0.3, 0.4) is 0 Å². The highest BCUT2D eigenvalue weighted by atomic mass is 32.2. The van der Waals surface area contributed by atoms with E-state index in [2.05, 4.69) is 19.2 Å². The molecule has 1 N–H and O–H groups in total. The van der Waals surface area contributed by atoms with E-state index in [-0.39, 0.29) is 29.2 Å². The summed E-state index contributed by atoms with van der Waals surface area (Å²) in [5, 5.41) is 2.90. The van der Waals surface area contributed by atoms with E-state index in [0.717, 1.165) is 30.0 Å². The Bertz CT molecular complexity index is 626. The highest BCUT2D eigenvalue weighted by molar-refractivity contribution is 8.00. The van der Waals surface area contributed by atoms with Gasteiger partial charge in [-0.3, -0.25) is 9.59 Å². The molecule has 0 spiro atoms. The molecule has 0 saturated carbocycles. The Kier molecular flexibility index (Phi) is 5.15. The number of nitrogens with zero attached hydrogens (tertiary/aromatic N) is 1. The van der Waals surface area contributed by atoms with E-state index in [0.29, 0.717) is 13.0 Å². The third kappa shape index (κ3) is 4.11. The molecule has 2 heterocycles. The third-order valence-electron chi connectivity index (χ3n) is 4.27. The van der Waals surface area contributed by atoms with Crippen molar-refractivity contribution in [3.8, 4) is 0 Å². The van der Waals surface area contributed by atoms with E-state index in [1.165, 1.54) is 0 Å². The number of amides is 2. The van der Waals surface area contributed by atoms with E-state index >= 15 is 0 Å². The van der Waals surface area contributed by atoms with Crippen LogP contribution in [-0.2, 0) is 14.3 Å². The number of anilines is 1. The van der Waals surface area contributed by atoms with E-state index in [9.17, 15) is 9.59 Å². The first-order chi connectivity index (χ1) is 11.4. The Hall–Kier alpha value is -1.53. The molecule has 1 aromatic rings. The fraction of sp³-hybridized carbons (Fsp3) is 0.556. The molecule has 2 aliphatic rings. The molecule has 1 aromatic carbocycles. The lowest BCUT2D eigenvalue weighted by Crippen LogP contribution is -2.43. The van der Waals surface area contributed by atoms with Crippen molar-refractivity contribution in [1.29, 1.82) is 0 Å². The van der Waals surface area contributed by atoms with Crippen molar-refractivity contribution >= 4 is 29.3 Å². The third-order valence-corrected chi connectivity index (χ3v) is 5.53. The second kappa shape index (κ2) is 7.15. The number of carbonyl (C=O) groups excluding carboxylic acids is 2. The lowest BCUT2D eigenvalue weighted by Gasteiger charge is -2.23. The molecule has 1 unspecified atom stereocenters. The van der Waals surface area contributed by atoms with Gasteiger partial charge in [0, 0.05) is 29.2 Å². The molecule has 2 amide bonds. The molecular formula is C18H24N2O3S. The van der Waals surface area contributed by atoms with Crippen molar-refractivity contribution in [3.05, 3.63) is 24.3 Å². The standard InChI is InChI=1S/C18H24N2O3S/c1-18(2)10-17(22)20(14-7-3-4-8-15(14)24-18)12-16(21)19-11-13-6-5-9-23-13/h3-4,7-8,13H,5-6,9-12H2,1-2H3,(H,19,21). The van der Waals surface area contributed by atoms with Crippen LogP contribution in [0, 0.1) is 0 Å². The molecule has 2 aliphatic heterocycles. The summed E-state index contributed by atoms with van der Waals surface area (Å²) < 4.78 is 5.33. The molecule has 5 nitrogen and oxygen atoms in total. The molecule has 24 heavy (non-hydrogen) atoms. The Morgan fingerprint density at radius 1 is 1.42 bits per heavy atom. The average Bonchev–Trinajstić information content (AvgIpc) is 3.00. The quantitative estimate of drug-likeness (QED) is 0.909. The second-order valence-corrected chi connectivity index (χ2v) is 8.67. The Labute approximate surface area is 147 Å². The predicted octanol–water partition coefficient (Wildman–Crippen LogP) is 2.59. The summed E-state index contributed by atoms with van der Waals surface area (Å²) >= 11 is 1.69.